The number of rotatable bonds is 5. The van der Waals surface area contributed by atoms with Crippen molar-refractivity contribution >= 4 is 29.2 Å². The molecule has 0 aromatic heterocycles. The third-order valence-corrected chi connectivity index (χ3v) is 4.89. The molecule has 1 aliphatic rings. The fourth-order valence-corrected chi connectivity index (χ4v) is 3.22. The Labute approximate surface area is 164 Å². The van der Waals surface area contributed by atoms with Gasteiger partial charge in [0.25, 0.3) is 0 Å². The Morgan fingerprint density at radius 1 is 0.889 bits per heavy atom. The molecule has 2 aromatic carbocycles. The largest absolute Gasteiger partial charge is 0.342 e. The van der Waals surface area contributed by atoms with Gasteiger partial charge < -0.3 is 15.5 Å². The van der Waals surface area contributed by atoms with E-state index in [1.165, 1.54) is 6.42 Å². The zero-order valence-corrected chi connectivity index (χ0v) is 16.0. The van der Waals surface area contributed by atoms with E-state index < -0.39 is 0 Å². The summed E-state index contributed by atoms with van der Waals surface area (Å²) in [6.07, 6.45) is 3.81. The number of hydrogen-bond acceptors (Lipinski definition) is 2. The smallest absolute Gasteiger partial charge is 0.319 e. The molecular weight excluding hydrogens is 362 g/mol. The van der Waals surface area contributed by atoms with Gasteiger partial charge in [-0.25, -0.2) is 4.79 Å². The second-order valence-electron chi connectivity index (χ2n) is 6.75. The Morgan fingerprint density at radius 2 is 1.52 bits per heavy atom. The average Bonchev–Trinajstić information content (AvgIpc) is 2.70. The van der Waals surface area contributed by atoms with Crippen LogP contribution in [0, 0.1) is 0 Å². The van der Waals surface area contributed by atoms with Gasteiger partial charge in [-0.1, -0.05) is 35.9 Å². The van der Waals surface area contributed by atoms with Crippen molar-refractivity contribution in [2.24, 2.45) is 0 Å². The molecule has 1 aliphatic heterocycles. The van der Waals surface area contributed by atoms with Crippen LogP contribution in [-0.4, -0.2) is 29.9 Å². The third kappa shape index (κ3) is 6.00. The van der Waals surface area contributed by atoms with Crippen LogP contribution in [0.1, 0.15) is 30.4 Å². The summed E-state index contributed by atoms with van der Waals surface area (Å²) in [6.45, 7) is 2.16. The number of hydrogen-bond donors (Lipinski definition) is 2. The third-order valence-electron chi connectivity index (χ3n) is 4.64. The maximum atomic E-state index is 12.3. The standard InChI is InChI=1S/C21H24ClN3O2/c22-18-8-4-17(5-9-18)15-23-21(27)24-19-10-6-16(7-11-19)14-20(26)25-12-2-1-3-13-25/h4-11H,1-3,12-15H2,(H2,23,24,27). The highest BCUT2D eigenvalue weighted by Crippen LogP contribution is 2.14. The van der Waals surface area contributed by atoms with Crippen molar-refractivity contribution in [2.45, 2.75) is 32.2 Å². The molecule has 3 rings (SSSR count). The van der Waals surface area contributed by atoms with E-state index in [1.807, 2.05) is 41.3 Å². The van der Waals surface area contributed by atoms with Gasteiger partial charge in [0.2, 0.25) is 5.91 Å². The zero-order valence-electron chi connectivity index (χ0n) is 15.2. The average molecular weight is 386 g/mol. The first-order chi connectivity index (χ1) is 13.1. The number of anilines is 1. The normalized spacial score (nSPS) is 13.9. The van der Waals surface area contributed by atoms with E-state index in [9.17, 15) is 9.59 Å². The van der Waals surface area contributed by atoms with Crippen LogP contribution in [0.3, 0.4) is 0 Å². The molecule has 0 spiro atoms. The quantitative estimate of drug-likeness (QED) is 0.809. The lowest BCUT2D eigenvalue weighted by Crippen LogP contribution is -2.36. The van der Waals surface area contributed by atoms with Crippen LogP contribution in [0.25, 0.3) is 0 Å². The van der Waals surface area contributed by atoms with Gasteiger partial charge in [0, 0.05) is 30.3 Å². The molecule has 1 heterocycles. The van der Waals surface area contributed by atoms with Crippen molar-refractivity contribution < 1.29 is 9.59 Å². The van der Waals surface area contributed by atoms with Crippen LogP contribution in [0.4, 0.5) is 10.5 Å². The van der Waals surface area contributed by atoms with E-state index in [4.69, 9.17) is 11.6 Å². The Balaban J connectivity index is 1.45. The summed E-state index contributed by atoms with van der Waals surface area (Å²) in [6, 6.07) is 14.5. The SMILES string of the molecule is O=C(NCc1ccc(Cl)cc1)Nc1ccc(CC(=O)N2CCCCC2)cc1. The molecule has 1 saturated heterocycles. The first-order valence-corrected chi connectivity index (χ1v) is 9.64. The number of nitrogens with one attached hydrogen (secondary N) is 2. The maximum Gasteiger partial charge on any atom is 0.319 e. The number of piperidine rings is 1. The van der Waals surface area contributed by atoms with E-state index in [0.717, 1.165) is 37.1 Å². The van der Waals surface area contributed by atoms with Crippen molar-refractivity contribution in [3.63, 3.8) is 0 Å². The predicted molar refractivity (Wildman–Crippen MR) is 108 cm³/mol. The van der Waals surface area contributed by atoms with Crippen LogP contribution in [0.5, 0.6) is 0 Å². The molecular formula is C21H24ClN3O2. The summed E-state index contributed by atoms with van der Waals surface area (Å²) in [5, 5.41) is 6.27. The molecule has 3 amide bonds. The molecule has 0 aliphatic carbocycles. The number of carbonyl (C=O) groups excluding carboxylic acids is 2. The molecule has 0 bridgehead atoms. The van der Waals surface area contributed by atoms with Crippen LogP contribution in [-0.2, 0) is 17.8 Å². The van der Waals surface area contributed by atoms with Crippen LogP contribution >= 0.6 is 11.6 Å². The van der Waals surface area contributed by atoms with Crippen LogP contribution in [0.15, 0.2) is 48.5 Å². The van der Waals surface area contributed by atoms with Crippen LogP contribution < -0.4 is 10.6 Å². The van der Waals surface area contributed by atoms with Crippen molar-refractivity contribution in [1.29, 1.82) is 0 Å². The molecule has 5 nitrogen and oxygen atoms in total. The Morgan fingerprint density at radius 3 is 2.19 bits per heavy atom. The van der Waals surface area contributed by atoms with Gasteiger partial charge >= 0.3 is 6.03 Å². The molecule has 27 heavy (non-hydrogen) atoms. The number of carbonyl (C=O) groups is 2. The molecule has 0 atom stereocenters. The Bertz CT molecular complexity index is 769. The number of nitrogens with zero attached hydrogens (tertiary/aromatic N) is 1. The lowest BCUT2D eigenvalue weighted by molar-refractivity contribution is -0.131. The maximum absolute atomic E-state index is 12.3. The second kappa shape index (κ2) is 9.42. The molecule has 0 unspecified atom stereocenters. The van der Waals surface area contributed by atoms with E-state index >= 15 is 0 Å². The summed E-state index contributed by atoms with van der Waals surface area (Å²) < 4.78 is 0. The molecule has 0 radical (unpaired) electrons. The summed E-state index contributed by atoms with van der Waals surface area (Å²) in [7, 11) is 0. The first kappa shape index (κ1) is 19.2. The van der Waals surface area contributed by atoms with Crippen LogP contribution in [0.2, 0.25) is 5.02 Å². The highest BCUT2D eigenvalue weighted by molar-refractivity contribution is 6.30. The van der Waals surface area contributed by atoms with Gasteiger partial charge in [0.05, 0.1) is 6.42 Å². The molecule has 6 heteroatoms. The molecule has 1 fully saturated rings. The number of benzene rings is 2. The lowest BCUT2D eigenvalue weighted by Gasteiger charge is -2.26. The van der Waals surface area contributed by atoms with Gasteiger partial charge in [-0.05, 0) is 54.7 Å². The van der Waals surface area contributed by atoms with Gasteiger partial charge in [0.1, 0.15) is 0 Å². The fourth-order valence-electron chi connectivity index (χ4n) is 3.10. The van der Waals surface area contributed by atoms with Gasteiger partial charge in [-0.15, -0.1) is 0 Å². The van der Waals surface area contributed by atoms with Gasteiger partial charge in [0.15, 0.2) is 0 Å². The highest BCUT2D eigenvalue weighted by atomic mass is 35.5. The van der Waals surface area contributed by atoms with Crippen molar-refractivity contribution in [3.8, 4) is 0 Å². The van der Waals surface area contributed by atoms with E-state index in [2.05, 4.69) is 10.6 Å². The zero-order chi connectivity index (χ0) is 19.1. The monoisotopic (exact) mass is 385 g/mol. The van der Waals surface area contributed by atoms with E-state index in [1.54, 1.807) is 12.1 Å². The molecule has 2 N–H and O–H groups in total. The van der Waals surface area contributed by atoms with E-state index in [-0.39, 0.29) is 11.9 Å². The lowest BCUT2D eigenvalue weighted by atomic mass is 10.1. The number of likely N-dealkylation sites (tertiary alicyclic amines) is 1. The minimum absolute atomic E-state index is 0.177. The first-order valence-electron chi connectivity index (χ1n) is 9.26. The van der Waals surface area contributed by atoms with Gasteiger partial charge in [-0.3, -0.25) is 4.79 Å². The summed E-state index contributed by atoms with van der Waals surface area (Å²) >= 11 is 5.85. The number of halogens is 1. The summed E-state index contributed by atoms with van der Waals surface area (Å²) in [4.78, 5) is 26.3. The van der Waals surface area contributed by atoms with Crippen molar-refractivity contribution in [3.05, 3.63) is 64.7 Å². The van der Waals surface area contributed by atoms with Crippen molar-refractivity contribution in [1.82, 2.24) is 10.2 Å². The van der Waals surface area contributed by atoms with Crippen molar-refractivity contribution in [2.75, 3.05) is 18.4 Å². The molecule has 142 valence electrons. The molecule has 0 saturated carbocycles. The topological polar surface area (TPSA) is 61.4 Å². The fraction of sp³-hybridized carbons (Fsp3) is 0.333. The molecule has 2 aromatic rings. The summed E-state index contributed by atoms with van der Waals surface area (Å²) in [5.74, 6) is 0.177. The highest BCUT2D eigenvalue weighted by Gasteiger charge is 2.16. The minimum Gasteiger partial charge on any atom is -0.342 e. The van der Waals surface area contributed by atoms with E-state index in [0.29, 0.717) is 23.7 Å². The number of urea groups is 1. The Hall–Kier alpha value is -2.53. The number of amides is 3. The van der Waals surface area contributed by atoms with Gasteiger partial charge in [-0.2, -0.15) is 0 Å². The minimum atomic E-state index is -0.276. The second-order valence-corrected chi connectivity index (χ2v) is 7.19. The predicted octanol–water partition coefficient (Wildman–Crippen LogP) is 4.22. The summed E-state index contributed by atoms with van der Waals surface area (Å²) in [5.41, 5.74) is 2.62. The Kier molecular flexibility index (Phi) is 6.71.